The molecule has 0 saturated carbocycles. The molecule has 1 heterocycles. The Morgan fingerprint density at radius 1 is 1.24 bits per heavy atom. The van der Waals surface area contributed by atoms with E-state index in [1.807, 2.05) is 13.8 Å². The fourth-order valence-corrected chi connectivity index (χ4v) is 3.47. The highest BCUT2D eigenvalue weighted by molar-refractivity contribution is 8.00. The second-order valence-electron chi connectivity index (χ2n) is 6.76. The fourth-order valence-electron chi connectivity index (χ4n) is 2.55. The van der Waals surface area contributed by atoms with Crippen LogP contribution in [0.3, 0.4) is 0 Å². The van der Waals surface area contributed by atoms with Gasteiger partial charge < -0.3 is 10.1 Å². The molecule has 9 nitrogen and oxygen atoms in total. The number of nitrogens with one attached hydrogen (secondary N) is 2. The zero-order valence-electron chi connectivity index (χ0n) is 16.9. The first-order valence-corrected chi connectivity index (χ1v) is 9.88. The third kappa shape index (κ3) is 5.35. The van der Waals surface area contributed by atoms with Gasteiger partial charge >= 0.3 is 12.0 Å². The Labute approximate surface area is 172 Å². The van der Waals surface area contributed by atoms with Gasteiger partial charge in [0, 0.05) is 13.6 Å². The molecule has 0 aliphatic carbocycles. The van der Waals surface area contributed by atoms with Crippen molar-refractivity contribution in [3.05, 3.63) is 34.1 Å². The van der Waals surface area contributed by atoms with Gasteiger partial charge in [-0.3, -0.25) is 19.5 Å². The highest BCUT2D eigenvalue weighted by Crippen LogP contribution is 2.24. The molecule has 0 aliphatic rings. The monoisotopic (exact) mass is 420 g/mol. The minimum atomic E-state index is -0.682. The standard InChI is InChI=1S/C19H24N4O5S/c1-10(2)9-23-16(25)13-7-6-12(17(26)28-5)8-14(13)21-19(23)29-11(3)15(24)22-18(27)20-4/h6-8,10-11H,9H2,1-5H3,(H2,20,22,24,27)/t11-/m0/s1. The number of thioether (sulfide) groups is 1. The van der Waals surface area contributed by atoms with Gasteiger partial charge in [0.1, 0.15) is 0 Å². The average Bonchev–Trinajstić information content (AvgIpc) is 2.69. The summed E-state index contributed by atoms with van der Waals surface area (Å²) in [5, 5.41) is 4.54. The van der Waals surface area contributed by atoms with Gasteiger partial charge in [-0.15, -0.1) is 0 Å². The molecule has 0 unspecified atom stereocenters. The first-order chi connectivity index (χ1) is 13.7. The molecule has 1 aromatic carbocycles. The molecular weight excluding hydrogens is 396 g/mol. The number of ether oxygens (including phenoxy) is 1. The second-order valence-corrected chi connectivity index (χ2v) is 8.06. The van der Waals surface area contributed by atoms with E-state index in [0.717, 1.165) is 11.8 Å². The highest BCUT2D eigenvalue weighted by Gasteiger charge is 2.21. The van der Waals surface area contributed by atoms with Crippen LogP contribution in [0.15, 0.2) is 28.2 Å². The van der Waals surface area contributed by atoms with E-state index in [4.69, 9.17) is 4.74 Å². The van der Waals surface area contributed by atoms with Gasteiger partial charge in [0.05, 0.1) is 28.8 Å². The van der Waals surface area contributed by atoms with Crippen molar-refractivity contribution in [3.63, 3.8) is 0 Å². The summed E-state index contributed by atoms with van der Waals surface area (Å²) in [5.74, 6) is -0.883. The minimum Gasteiger partial charge on any atom is -0.465 e. The average molecular weight is 420 g/mol. The third-order valence-corrected chi connectivity index (χ3v) is 5.09. The Hall–Kier alpha value is -2.88. The zero-order chi connectivity index (χ0) is 21.7. The molecule has 0 saturated heterocycles. The molecule has 0 radical (unpaired) electrons. The quantitative estimate of drug-likeness (QED) is 0.415. The van der Waals surface area contributed by atoms with Crippen LogP contribution in [0.4, 0.5) is 4.79 Å². The van der Waals surface area contributed by atoms with Crippen molar-refractivity contribution >= 4 is 40.6 Å². The number of hydrogen-bond donors (Lipinski definition) is 2. The Balaban J connectivity index is 2.52. The number of rotatable bonds is 6. The topological polar surface area (TPSA) is 119 Å². The van der Waals surface area contributed by atoms with Gasteiger partial charge in [0.2, 0.25) is 5.91 Å². The van der Waals surface area contributed by atoms with Crippen LogP contribution in [-0.4, -0.2) is 46.9 Å². The van der Waals surface area contributed by atoms with Crippen molar-refractivity contribution in [2.75, 3.05) is 14.2 Å². The van der Waals surface area contributed by atoms with Gasteiger partial charge in [0.15, 0.2) is 5.16 Å². The van der Waals surface area contributed by atoms with Crippen LogP contribution in [0.25, 0.3) is 10.9 Å². The maximum absolute atomic E-state index is 13.0. The minimum absolute atomic E-state index is 0.163. The molecule has 156 valence electrons. The van der Waals surface area contributed by atoms with Gasteiger partial charge in [-0.05, 0) is 31.0 Å². The highest BCUT2D eigenvalue weighted by atomic mass is 32.2. The molecule has 29 heavy (non-hydrogen) atoms. The largest absolute Gasteiger partial charge is 0.465 e. The Morgan fingerprint density at radius 3 is 2.52 bits per heavy atom. The summed E-state index contributed by atoms with van der Waals surface area (Å²) < 4.78 is 6.23. The maximum Gasteiger partial charge on any atom is 0.337 e. The number of carbonyl (C=O) groups is 3. The number of methoxy groups -OCH3 is 1. The number of hydrogen-bond acceptors (Lipinski definition) is 7. The van der Waals surface area contributed by atoms with Crippen LogP contribution in [0.5, 0.6) is 0 Å². The van der Waals surface area contributed by atoms with E-state index < -0.39 is 23.2 Å². The van der Waals surface area contributed by atoms with Crippen LogP contribution < -0.4 is 16.2 Å². The molecule has 2 N–H and O–H groups in total. The molecule has 3 amide bonds. The predicted molar refractivity (Wildman–Crippen MR) is 110 cm³/mol. The molecule has 0 fully saturated rings. The Bertz CT molecular complexity index is 1000. The number of nitrogens with zero attached hydrogens (tertiary/aromatic N) is 2. The van der Waals surface area contributed by atoms with Gasteiger partial charge in [-0.1, -0.05) is 25.6 Å². The van der Waals surface area contributed by atoms with Crippen molar-refractivity contribution in [2.24, 2.45) is 5.92 Å². The number of fused-ring (bicyclic) bond motifs is 1. The number of aromatic nitrogens is 2. The molecule has 2 rings (SSSR count). The number of imide groups is 1. The predicted octanol–water partition coefficient (Wildman–Crippen LogP) is 1.78. The van der Waals surface area contributed by atoms with Crippen molar-refractivity contribution in [1.82, 2.24) is 20.2 Å². The number of amides is 3. The Morgan fingerprint density at radius 2 is 1.93 bits per heavy atom. The van der Waals surface area contributed by atoms with E-state index >= 15 is 0 Å². The van der Waals surface area contributed by atoms with Crippen LogP contribution in [0.1, 0.15) is 31.1 Å². The lowest BCUT2D eigenvalue weighted by atomic mass is 10.1. The molecule has 10 heteroatoms. The SMILES string of the molecule is CNC(=O)NC(=O)[C@H](C)Sc1nc2cc(C(=O)OC)ccc2c(=O)n1CC(C)C. The molecule has 0 bridgehead atoms. The molecule has 0 spiro atoms. The van der Waals surface area contributed by atoms with E-state index in [9.17, 15) is 19.2 Å². The van der Waals surface area contributed by atoms with Crippen LogP contribution >= 0.6 is 11.8 Å². The van der Waals surface area contributed by atoms with Crippen LogP contribution in [0, 0.1) is 5.92 Å². The molecular formula is C19H24N4O5S. The van der Waals surface area contributed by atoms with Crippen LogP contribution in [-0.2, 0) is 16.1 Å². The van der Waals surface area contributed by atoms with Crippen LogP contribution in [0.2, 0.25) is 0 Å². The third-order valence-electron chi connectivity index (χ3n) is 4.00. The lowest BCUT2D eigenvalue weighted by Gasteiger charge is -2.17. The lowest BCUT2D eigenvalue weighted by Crippen LogP contribution is -2.41. The zero-order valence-corrected chi connectivity index (χ0v) is 17.8. The maximum atomic E-state index is 13.0. The fraction of sp³-hybridized carbons (Fsp3) is 0.421. The number of urea groups is 1. The smallest absolute Gasteiger partial charge is 0.337 e. The van der Waals surface area contributed by atoms with Crippen molar-refractivity contribution in [2.45, 2.75) is 37.7 Å². The van der Waals surface area contributed by atoms with E-state index in [1.165, 1.54) is 30.9 Å². The molecule has 2 aromatic rings. The van der Waals surface area contributed by atoms with Crippen molar-refractivity contribution in [3.8, 4) is 0 Å². The van der Waals surface area contributed by atoms with Gasteiger partial charge in [-0.2, -0.15) is 0 Å². The van der Waals surface area contributed by atoms with Gasteiger partial charge in [-0.25, -0.2) is 14.6 Å². The normalized spacial score (nSPS) is 11.9. The molecule has 0 aliphatic heterocycles. The Kier molecular flexibility index (Phi) is 7.38. The van der Waals surface area contributed by atoms with Gasteiger partial charge in [0.25, 0.3) is 5.56 Å². The first-order valence-electron chi connectivity index (χ1n) is 9.00. The van der Waals surface area contributed by atoms with E-state index in [-0.39, 0.29) is 17.0 Å². The van der Waals surface area contributed by atoms with E-state index in [2.05, 4.69) is 15.6 Å². The summed E-state index contributed by atoms with van der Waals surface area (Å²) in [6, 6.07) is 3.94. The summed E-state index contributed by atoms with van der Waals surface area (Å²) in [4.78, 5) is 53.0. The molecule has 1 aromatic heterocycles. The van der Waals surface area contributed by atoms with E-state index in [1.54, 1.807) is 13.0 Å². The summed E-state index contributed by atoms with van der Waals surface area (Å²) in [6.45, 7) is 5.96. The molecule has 1 atom stereocenters. The number of benzene rings is 1. The summed E-state index contributed by atoms with van der Waals surface area (Å²) in [6.07, 6.45) is 0. The number of carbonyl (C=O) groups excluding carboxylic acids is 3. The first kappa shape index (κ1) is 22.4. The number of esters is 1. The van der Waals surface area contributed by atoms with Crippen molar-refractivity contribution < 1.29 is 19.1 Å². The summed E-state index contributed by atoms with van der Waals surface area (Å²) in [7, 11) is 2.68. The lowest BCUT2D eigenvalue weighted by molar-refractivity contribution is -0.119. The second kappa shape index (κ2) is 9.55. The summed E-state index contributed by atoms with van der Waals surface area (Å²) in [5.41, 5.74) is 0.343. The van der Waals surface area contributed by atoms with E-state index in [0.29, 0.717) is 22.6 Å². The van der Waals surface area contributed by atoms with Crippen molar-refractivity contribution in [1.29, 1.82) is 0 Å². The summed E-state index contributed by atoms with van der Waals surface area (Å²) >= 11 is 1.07.